The van der Waals surface area contributed by atoms with Gasteiger partial charge in [0.05, 0.1) is 4.92 Å². The maximum atomic E-state index is 11.2. The number of nitro groups is 1. The molecule has 0 aliphatic rings. The van der Waals surface area contributed by atoms with Crippen LogP contribution in [0.1, 0.15) is 31.0 Å². The Balaban J connectivity index is 3.12. The van der Waals surface area contributed by atoms with Gasteiger partial charge in [0.15, 0.2) is 0 Å². The number of nitrogens with zero attached hydrogens (tertiary/aromatic N) is 1. The van der Waals surface area contributed by atoms with E-state index in [2.05, 4.69) is 11.9 Å². The Morgan fingerprint density at radius 3 is 2.73 bits per heavy atom. The van der Waals surface area contributed by atoms with Crippen molar-refractivity contribution in [1.82, 2.24) is 4.98 Å². The average Bonchev–Trinajstić information content (AvgIpc) is 2.16. The maximum absolute atomic E-state index is 11.2. The highest BCUT2D eigenvalue weighted by Crippen LogP contribution is 2.13. The van der Waals surface area contributed by atoms with Gasteiger partial charge in [-0.25, -0.2) is 0 Å². The van der Waals surface area contributed by atoms with Crippen LogP contribution >= 0.6 is 0 Å². The van der Waals surface area contributed by atoms with Crippen molar-refractivity contribution in [3.8, 4) is 0 Å². The molecule has 0 atom stereocenters. The highest BCUT2D eigenvalue weighted by molar-refractivity contribution is 5.34. The van der Waals surface area contributed by atoms with E-state index in [4.69, 9.17) is 0 Å². The van der Waals surface area contributed by atoms with Gasteiger partial charge < -0.3 is 4.98 Å². The van der Waals surface area contributed by atoms with Crippen molar-refractivity contribution >= 4 is 5.69 Å². The summed E-state index contributed by atoms with van der Waals surface area (Å²) in [5.41, 5.74) is 0.576. The summed E-state index contributed by atoms with van der Waals surface area (Å²) < 4.78 is 0. The lowest BCUT2D eigenvalue weighted by Crippen LogP contribution is -2.14. The van der Waals surface area contributed by atoms with E-state index in [0.717, 1.165) is 30.5 Å². The minimum Gasteiger partial charge on any atom is -0.320 e. The Hall–Kier alpha value is -1.65. The second-order valence-electron chi connectivity index (χ2n) is 3.49. The van der Waals surface area contributed by atoms with E-state index in [1.165, 1.54) is 6.07 Å². The summed E-state index contributed by atoms with van der Waals surface area (Å²) in [7, 11) is 0. The van der Waals surface area contributed by atoms with Crippen LogP contribution in [0, 0.1) is 17.0 Å². The molecule has 0 fully saturated rings. The van der Waals surface area contributed by atoms with Gasteiger partial charge >= 0.3 is 11.2 Å². The van der Waals surface area contributed by atoms with Crippen molar-refractivity contribution in [2.75, 3.05) is 0 Å². The molecule has 1 N–H and O–H groups in total. The molecule has 0 spiro atoms. The summed E-state index contributed by atoms with van der Waals surface area (Å²) in [4.78, 5) is 23.6. The molecule has 0 unspecified atom stereocenters. The predicted molar refractivity (Wildman–Crippen MR) is 57.1 cm³/mol. The lowest BCUT2D eigenvalue weighted by atomic mass is 10.1. The Morgan fingerprint density at radius 2 is 2.20 bits per heavy atom. The van der Waals surface area contributed by atoms with Crippen molar-refractivity contribution in [2.24, 2.45) is 0 Å². The number of H-pyrrole nitrogens is 1. The molecule has 0 radical (unpaired) electrons. The van der Waals surface area contributed by atoms with Gasteiger partial charge in [-0.2, -0.15) is 0 Å². The quantitative estimate of drug-likeness (QED) is 0.609. The predicted octanol–water partition coefficient (Wildman–Crippen LogP) is 1.93. The second kappa shape index (κ2) is 4.72. The number of aromatic nitrogens is 1. The zero-order chi connectivity index (χ0) is 11.4. The average molecular weight is 210 g/mol. The molecule has 0 bridgehead atoms. The van der Waals surface area contributed by atoms with Crippen molar-refractivity contribution in [2.45, 2.75) is 33.1 Å². The molecule has 1 rings (SSSR count). The SMILES string of the molecule is CCCCc1cc([N+](=O)[O-])c(=O)[nH]c1C. The lowest BCUT2D eigenvalue weighted by molar-refractivity contribution is -0.386. The number of nitrogens with one attached hydrogen (secondary N) is 1. The van der Waals surface area contributed by atoms with Crippen LogP contribution in [0.15, 0.2) is 10.9 Å². The fourth-order valence-corrected chi connectivity index (χ4v) is 1.42. The molecule has 0 amide bonds. The molecule has 5 heteroatoms. The van der Waals surface area contributed by atoms with Crippen LogP contribution < -0.4 is 5.56 Å². The summed E-state index contributed by atoms with van der Waals surface area (Å²) in [6.07, 6.45) is 2.75. The van der Waals surface area contributed by atoms with Gasteiger partial charge in [-0.15, -0.1) is 0 Å². The van der Waals surface area contributed by atoms with E-state index in [0.29, 0.717) is 0 Å². The van der Waals surface area contributed by atoms with Crippen LogP contribution in [0.25, 0.3) is 0 Å². The first-order chi connectivity index (χ1) is 7.06. The largest absolute Gasteiger partial charge is 0.334 e. The molecule has 5 nitrogen and oxygen atoms in total. The number of aromatic amines is 1. The van der Waals surface area contributed by atoms with Crippen molar-refractivity contribution in [3.05, 3.63) is 37.8 Å². The van der Waals surface area contributed by atoms with E-state index in [-0.39, 0.29) is 5.69 Å². The number of unbranched alkanes of at least 4 members (excludes halogenated alkanes) is 1. The minimum atomic E-state index is -0.645. The first kappa shape index (κ1) is 11.4. The molecule has 0 aliphatic carbocycles. The smallest absolute Gasteiger partial charge is 0.320 e. The maximum Gasteiger partial charge on any atom is 0.334 e. The Labute approximate surface area is 87.3 Å². The molecule has 15 heavy (non-hydrogen) atoms. The summed E-state index contributed by atoms with van der Waals surface area (Å²) >= 11 is 0. The van der Waals surface area contributed by atoms with E-state index in [9.17, 15) is 14.9 Å². The van der Waals surface area contributed by atoms with Gasteiger partial charge in [-0.1, -0.05) is 13.3 Å². The van der Waals surface area contributed by atoms with Gasteiger partial charge in [-0.3, -0.25) is 14.9 Å². The number of aryl methyl sites for hydroxylation is 2. The molecule has 0 saturated heterocycles. The third-order valence-electron chi connectivity index (χ3n) is 2.32. The van der Waals surface area contributed by atoms with E-state index < -0.39 is 10.5 Å². The Kier molecular flexibility index (Phi) is 3.60. The van der Waals surface area contributed by atoms with Crippen LogP contribution in [0.3, 0.4) is 0 Å². The fourth-order valence-electron chi connectivity index (χ4n) is 1.42. The third-order valence-corrected chi connectivity index (χ3v) is 2.32. The topological polar surface area (TPSA) is 76.0 Å². The zero-order valence-electron chi connectivity index (χ0n) is 8.87. The molecule has 0 aliphatic heterocycles. The van der Waals surface area contributed by atoms with Crippen LogP contribution in [0.5, 0.6) is 0 Å². The molecule has 0 saturated carbocycles. The van der Waals surface area contributed by atoms with Gasteiger partial charge in [0.25, 0.3) is 0 Å². The number of hydrogen-bond acceptors (Lipinski definition) is 3. The number of hydrogen-bond donors (Lipinski definition) is 1. The molecular weight excluding hydrogens is 196 g/mol. The molecule has 0 aromatic carbocycles. The number of rotatable bonds is 4. The van der Waals surface area contributed by atoms with E-state index in [1.54, 1.807) is 6.92 Å². The van der Waals surface area contributed by atoms with Crippen molar-refractivity contribution < 1.29 is 4.92 Å². The molecule has 82 valence electrons. The van der Waals surface area contributed by atoms with Gasteiger partial charge in [0, 0.05) is 11.8 Å². The normalized spacial score (nSPS) is 10.3. The van der Waals surface area contributed by atoms with Crippen molar-refractivity contribution in [1.29, 1.82) is 0 Å². The summed E-state index contributed by atoms with van der Waals surface area (Å²) in [5.74, 6) is 0. The third kappa shape index (κ3) is 2.65. The first-order valence-corrected chi connectivity index (χ1v) is 4.93. The summed E-state index contributed by atoms with van der Waals surface area (Å²) in [6.45, 7) is 3.81. The molecular formula is C10H14N2O3. The van der Waals surface area contributed by atoms with Crippen LogP contribution in [-0.2, 0) is 6.42 Å². The fraction of sp³-hybridized carbons (Fsp3) is 0.500. The van der Waals surface area contributed by atoms with Crippen LogP contribution in [0.4, 0.5) is 5.69 Å². The van der Waals surface area contributed by atoms with Gasteiger partial charge in [0.1, 0.15) is 0 Å². The standard InChI is InChI=1S/C10H14N2O3/c1-3-4-5-8-6-9(12(14)15)10(13)11-7(8)2/h6H,3-5H2,1-2H3,(H,11,13). The summed E-state index contributed by atoms with van der Waals surface area (Å²) in [5, 5.41) is 10.5. The van der Waals surface area contributed by atoms with Crippen LogP contribution in [0.2, 0.25) is 0 Å². The molecule has 1 aromatic rings. The zero-order valence-corrected chi connectivity index (χ0v) is 8.87. The van der Waals surface area contributed by atoms with Gasteiger partial charge in [0.2, 0.25) is 0 Å². The first-order valence-electron chi connectivity index (χ1n) is 4.93. The monoisotopic (exact) mass is 210 g/mol. The lowest BCUT2D eigenvalue weighted by Gasteiger charge is -2.03. The van der Waals surface area contributed by atoms with Gasteiger partial charge in [-0.05, 0) is 25.3 Å². The number of pyridine rings is 1. The van der Waals surface area contributed by atoms with E-state index >= 15 is 0 Å². The highest BCUT2D eigenvalue weighted by Gasteiger charge is 2.14. The van der Waals surface area contributed by atoms with E-state index in [1.807, 2.05) is 0 Å². The van der Waals surface area contributed by atoms with Crippen molar-refractivity contribution in [3.63, 3.8) is 0 Å². The minimum absolute atomic E-state index is 0.369. The molecule has 1 heterocycles. The van der Waals surface area contributed by atoms with Crippen LogP contribution in [-0.4, -0.2) is 9.91 Å². The Morgan fingerprint density at radius 1 is 1.53 bits per heavy atom. The Bertz CT molecular complexity index is 423. The summed E-state index contributed by atoms with van der Waals surface area (Å²) in [6, 6.07) is 1.38. The second-order valence-corrected chi connectivity index (χ2v) is 3.49. The molecule has 1 aromatic heterocycles. The highest BCUT2D eigenvalue weighted by atomic mass is 16.6.